The summed E-state index contributed by atoms with van der Waals surface area (Å²) in [5, 5.41) is 0.454. The molecular formula is C11H12O5P+. The van der Waals surface area contributed by atoms with Crippen molar-refractivity contribution in [2.24, 2.45) is 0 Å². The fourth-order valence-corrected chi connectivity index (χ4v) is 2.30. The Kier molecular flexibility index (Phi) is 4.79. The Labute approximate surface area is 99.5 Å². The summed E-state index contributed by atoms with van der Waals surface area (Å²) in [6, 6.07) is 7.00. The number of carbonyl (C=O) groups is 2. The van der Waals surface area contributed by atoms with Crippen LogP contribution in [0.25, 0.3) is 0 Å². The van der Waals surface area contributed by atoms with Gasteiger partial charge in [-0.15, -0.1) is 0 Å². The highest BCUT2D eigenvalue weighted by Crippen LogP contribution is 2.29. The molecule has 90 valence electrons. The lowest BCUT2D eigenvalue weighted by atomic mass is 10.4. The Morgan fingerprint density at radius 3 is 1.94 bits per heavy atom. The lowest BCUT2D eigenvalue weighted by Crippen LogP contribution is -2.21. The summed E-state index contributed by atoms with van der Waals surface area (Å²) < 4.78 is 21.4. The third kappa shape index (κ3) is 4.33. The van der Waals surface area contributed by atoms with E-state index in [1.807, 2.05) is 0 Å². The maximum Gasteiger partial charge on any atom is 0.467 e. The van der Waals surface area contributed by atoms with E-state index in [4.69, 9.17) is 9.47 Å². The number of rotatable bonds is 4. The zero-order valence-electron chi connectivity index (χ0n) is 9.45. The predicted molar refractivity (Wildman–Crippen MR) is 61.0 cm³/mol. The lowest BCUT2D eigenvalue weighted by Gasteiger charge is -2.06. The van der Waals surface area contributed by atoms with Crippen molar-refractivity contribution in [1.29, 1.82) is 0 Å². The quantitative estimate of drug-likeness (QED) is 0.463. The Hall–Kier alpha value is -1.74. The number of esters is 2. The zero-order valence-corrected chi connectivity index (χ0v) is 10.3. The van der Waals surface area contributed by atoms with Crippen LogP contribution in [0.4, 0.5) is 0 Å². The van der Waals surface area contributed by atoms with Gasteiger partial charge in [0.1, 0.15) is 0 Å². The first-order valence-electron chi connectivity index (χ1n) is 4.86. The molecule has 1 atom stereocenters. The topological polar surface area (TPSA) is 69.7 Å². The average Bonchev–Trinajstić information content (AvgIpc) is 2.27. The third-order valence-electron chi connectivity index (χ3n) is 1.74. The first-order chi connectivity index (χ1) is 8.00. The van der Waals surface area contributed by atoms with Crippen LogP contribution in [0.2, 0.25) is 0 Å². The van der Waals surface area contributed by atoms with Crippen molar-refractivity contribution in [1.82, 2.24) is 0 Å². The summed E-state index contributed by atoms with van der Waals surface area (Å²) in [6.45, 7) is 2.31. The second kappa shape index (κ2) is 6.11. The maximum absolute atomic E-state index is 12.0. The molecule has 0 radical (unpaired) electrons. The van der Waals surface area contributed by atoms with Crippen LogP contribution in [0.5, 0.6) is 0 Å². The molecule has 0 aromatic heterocycles. The van der Waals surface area contributed by atoms with E-state index >= 15 is 0 Å². The summed E-state index contributed by atoms with van der Waals surface area (Å²) in [5.41, 5.74) is 0. The molecule has 0 aliphatic carbocycles. The third-order valence-corrected chi connectivity index (χ3v) is 3.14. The van der Waals surface area contributed by atoms with Crippen LogP contribution in [0.3, 0.4) is 0 Å². The largest absolute Gasteiger partial charge is 0.467 e. The molecule has 1 aromatic carbocycles. The van der Waals surface area contributed by atoms with Crippen molar-refractivity contribution in [2.75, 3.05) is 0 Å². The van der Waals surface area contributed by atoms with Gasteiger partial charge in [-0.25, -0.2) is 0 Å². The van der Waals surface area contributed by atoms with Crippen LogP contribution in [-0.2, 0) is 23.6 Å². The summed E-state index contributed by atoms with van der Waals surface area (Å²) in [5.74, 6) is -1.31. The number of ether oxygens (including phenoxy) is 2. The molecule has 17 heavy (non-hydrogen) atoms. The minimum Gasteiger partial charge on any atom is -0.384 e. The second-order valence-corrected chi connectivity index (χ2v) is 4.78. The summed E-state index contributed by atoms with van der Waals surface area (Å²) in [4.78, 5) is 21.7. The monoisotopic (exact) mass is 255 g/mol. The second-order valence-electron chi connectivity index (χ2n) is 3.19. The molecule has 6 heteroatoms. The van der Waals surface area contributed by atoms with Gasteiger partial charge >= 0.3 is 25.8 Å². The van der Waals surface area contributed by atoms with Gasteiger partial charge in [-0.2, -0.15) is 0 Å². The van der Waals surface area contributed by atoms with Gasteiger partial charge in [-0.1, -0.05) is 22.8 Å². The Bertz CT molecular complexity index is 413. The van der Waals surface area contributed by atoms with E-state index in [0.717, 1.165) is 13.8 Å². The molecule has 0 N–H and O–H groups in total. The van der Waals surface area contributed by atoms with Crippen LogP contribution < -0.4 is 5.30 Å². The molecule has 5 nitrogen and oxygen atoms in total. The van der Waals surface area contributed by atoms with Gasteiger partial charge in [0.2, 0.25) is 0 Å². The van der Waals surface area contributed by atoms with Gasteiger partial charge in [0.15, 0.2) is 5.30 Å². The SMILES string of the molecule is CC(=O)OC(OC(C)=O)[P+](=O)c1ccccc1. The van der Waals surface area contributed by atoms with E-state index in [1.165, 1.54) is 0 Å². The standard InChI is InChI=1S/C11H12O5P/c1-8(12)15-11(16-9(2)13)17(14)10-6-4-3-5-7-10/h3-7,11H,1-2H3/q+1. The summed E-state index contributed by atoms with van der Waals surface area (Å²) >= 11 is 0. The fraction of sp³-hybridized carbons (Fsp3) is 0.273. The molecule has 0 aliphatic heterocycles. The molecule has 0 fully saturated rings. The number of hydrogen-bond acceptors (Lipinski definition) is 5. The normalized spacial score (nSPS) is 10.9. The molecule has 0 heterocycles. The van der Waals surface area contributed by atoms with Crippen molar-refractivity contribution in [3.63, 3.8) is 0 Å². The molecule has 1 rings (SSSR count). The first-order valence-corrected chi connectivity index (χ1v) is 6.19. The Morgan fingerprint density at radius 1 is 1.06 bits per heavy atom. The minimum absolute atomic E-state index is 0.454. The van der Waals surface area contributed by atoms with E-state index < -0.39 is 25.8 Å². The van der Waals surface area contributed by atoms with Crippen LogP contribution in [0, 0.1) is 0 Å². The molecule has 0 aliphatic rings. The van der Waals surface area contributed by atoms with Gasteiger partial charge in [0.25, 0.3) is 0 Å². The molecule has 0 spiro atoms. The Morgan fingerprint density at radius 2 is 1.53 bits per heavy atom. The lowest BCUT2D eigenvalue weighted by molar-refractivity contribution is -0.170. The van der Waals surface area contributed by atoms with Crippen molar-refractivity contribution in [3.8, 4) is 0 Å². The highest BCUT2D eigenvalue weighted by Gasteiger charge is 2.38. The van der Waals surface area contributed by atoms with E-state index in [-0.39, 0.29) is 0 Å². The van der Waals surface area contributed by atoms with Gasteiger partial charge < -0.3 is 9.47 Å². The van der Waals surface area contributed by atoms with Crippen LogP contribution in [0.1, 0.15) is 13.8 Å². The van der Waals surface area contributed by atoms with Crippen LogP contribution >= 0.6 is 7.80 Å². The number of carbonyl (C=O) groups excluding carboxylic acids is 2. The van der Waals surface area contributed by atoms with E-state index in [9.17, 15) is 14.2 Å². The summed E-state index contributed by atoms with van der Waals surface area (Å²) in [6.07, 6.45) is 0. The average molecular weight is 255 g/mol. The zero-order chi connectivity index (χ0) is 12.8. The first kappa shape index (κ1) is 13.3. The molecule has 0 bridgehead atoms. The Balaban J connectivity index is 2.86. The van der Waals surface area contributed by atoms with E-state index in [2.05, 4.69) is 0 Å². The van der Waals surface area contributed by atoms with Crippen LogP contribution in [-0.4, -0.2) is 18.0 Å². The number of benzene rings is 1. The molecule has 0 amide bonds. The van der Waals surface area contributed by atoms with E-state index in [0.29, 0.717) is 5.30 Å². The highest BCUT2D eigenvalue weighted by atomic mass is 31.1. The molecule has 0 saturated heterocycles. The van der Waals surface area contributed by atoms with Crippen molar-refractivity contribution < 1.29 is 23.6 Å². The molecule has 0 saturated carbocycles. The highest BCUT2D eigenvalue weighted by molar-refractivity contribution is 7.53. The van der Waals surface area contributed by atoms with Crippen molar-refractivity contribution in [3.05, 3.63) is 30.3 Å². The van der Waals surface area contributed by atoms with Crippen molar-refractivity contribution >= 4 is 25.0 Å². The van der Waals surface area contributed by atoms with Gasteiger partial charge in [0, 0.05) is 13.8 Å². The van der Waals surface area contributed by atoms with Crippen molar-refractivity contribution in [2.45, 2.75) is 19.9 Å². The van der Waals surface area contributed by atoms with Gasteiger partial charge in [-0.3, -0.25) is 9.59 Å². The minimum atomic E-state index is -2.14. The smallest absolute Gasteiger partial charge is 0.384 e. The van der Waals surface area contributed by atoms with Crippen LogP contribution in [0.15, 0.2) is 30.3 Å². The number of hydrogen-bond donors (Lipinski definition) is 0. The van der Waals surface area contributed by atoms with E-state index in [1.54, 1.807) is 30.3 Å². The fourth-order valence-electron chi connectivity index (χ4n) is 1.10. The molecule has 1 unspecified atom stereocenters. The summed E-state index contributed by atoms with van der Waals surface area (Å²) in [7, 11) is -2.14. The predicted octanol–water partition coefficient (Wildman–Crippen LogP) is 1.55. The van der Waals surface area contributed by atoms with Gasteiger partial charge in [0.05, 0.1) is 0 Å². The maximum atomic E-state index is 12.0. The molecule has 1 aromatic rings. The molecular weight excluding hydrogens is 243 g/mol. The van der Waals surface area contributed by atoms with Gasteiger partial charge in [-0.05, 0) is 12.1 Å².